The van der Waals surface area contributed by atoms with Crippen molar-refractivity contribution in [2.24, 2.45) is 0 Å². The van der Waals surface area contributed by atoms with E-state index in [9.17, 15) is 18.4 Å². The van der Waals surface area contributed by atoms with Gasteiger partial charge in [-0.3, -0.25) is 14.6 Å². The first kappa shape index (κ1) is 44.6. The van der Waals surface area contributed by atoms with E-state index in [0.717, 1.165) is 23.8 Å². The lowest BCUT2D eigenvalue weighted by molar-refractivity contribution is -0.127. The smallest absolute Gasteiger partial charge is 0.287 e. The van der Waals surface area contributed by atoms with E-state index in [2.05, 4.69) is 75.3 Å². The molecule has 5 nitrogen and oxygen atoms in total. The number of alkyl halides is 2. The predicted molar refractivity (Wildman–Crippen MR) is 203 cm³/mol. The van der Waals surface area contributed by atoms with Gasteiger partial charge in [0.15, 0.2) is 0 Å². The molecule has 1 aliphatic rings. The quantitative estimate of drug-likeness (QED) is 0.189. The number of unbranched alkanes of at least 4 members (excludes halogenated alkanes) is 2. The standard InChI is InChI=1S/C22H25F2N3O2S.C12H20.C4H10.C2H6/c1-5-13(3)21(29)27-8-7-16-17(12-30-18(16)11-27)20(28)26-15-9-14(6-2)25-19(10-15)22(4,23)24;1-4-6-7-8-9-11-12(3)10-5-2;1-3-4-2;1-2/h5,9-10,12H,6-8,11H2,1-4H3,(H,25,26,28);7-11H,4-6H2,1-3H3;3-4H2,1-2H3;1-2H3/b13-5+;8-7-,11-9-,12-10+;;. The number of carbonyl (C=O) groups excluding carboxylic acids is 2. The first-order valence-corrected chi connectivity index (χ1v) is 18.5. The number of pyridine rings is 1. The molecule has 0 fully saturated rings. The number of amides is 2. The Labute approximate surface area is 294 Å². The minimum atomic E-state index is -3.09. The molecule has 8 heteroatoms. The molecule has 48 heavy (non-hydrogen) atoms. The van der Waals surface area contributed by atoms with Gasteiger partial charge in [-0.05, 0) is 64.2 Å². The highest BCUT2D eigenvalue weighted by atomic mass is 32.1. The Morgan fingerprint density at radius 3 is 2.25 bits per heavy atom. The number of thiophene rings is 1. The lowest BCUT2D eigenvalue weighted by Gasteiger charge is -2.27. The van der Waals surface area contributed by atoms with E-state index < -0.39 is 5.92 Å². The molecule has 0 bridgehead atoms. The molecule has 1 aliphatic heterocycles. The maximum absolute atomic E-state index is 13.8. The van der Waals surface area contributed by atoms with E-state index >= 15 is 0 Å². The van der Waals surface area contributed by atoms with Crippen LogP contribution in [0.25, 0.3) is 0 Å². The minimum absolute atomic E-state index is 0.000504. The molecule has 2 amide bonds. The van der Waals surface area contributed by atoms with Gasteiger partial charge in [0.1, 0.15) is 5.69 Å². The molecule has 3 rings (SSSR count). The van der Waals surface area contributed by atoms with Gasteiger partial charge in [-0.25, -0.2) is 0 Å². The molecule has 1 N–H and O–H groups in total. The van der Waals surface area contributed by atoms with E-state index in [-0.39, 0.29) is 17.5 Å². The van der Waals surface area contributed by atoms with Gasteiger partial charge in [-0.15, -0.1) is 11.3 Å². The maximum Gasteiger partial charge on any atom is 0.287 e. The summed E-state index contributed by atoms with van der Waals surface area (Å²) in [6.45, 7) is 22.1. The molecule has 2 aromatic heterocycles. The zero-order valence-electron chi connectivity index (χ0n) is 31.4. The molecule has 0 saturated carbocycles. The van der Waals surface area contributed by atoms with Crippen molar-refractivity contribution in [2.75, 3.05) is 11.9 Å². The summed E-state index contributed by atoms with van der Waals surface area (Å²) in [5.74, 6) is -3.43. The molecule has 2 aromatic rings. The Kier molecular flexibility index (Phi) is 23.0. The van der Waals surface area contributed by atoms with Gasteiger partial charge in [0.25, 0.3) is 11.8 Å². The number of aromatic nitrogens is 1. The fourth-order valence-electron chi connectivity index (χ4n) is 4.27. The number of aryl methyl sites for hydroxylation is 1. The topological polar surface area (TPSA) is 62.3 Å². The van der Waals surface area contributed by atoms with Crippen LogP contribution in [-0.2, 0) is 30.1 Å². The van der Waals surface area contributed by atoms with E-state index in [0.29, 0.717) is 48.4 Å². The zero-order valence-corrected chi connectivity index (χ0v) is 32.3. The van der Waals surface area contributed by atoms with E-state index in [1.165, 1.54) is 48.7 Å². The van der Waals surface area contributed by atoms with Gasteiger partial charge < -0.3 is 10.2 Å². The monoisotopic (exact) mass is 685 g/mol. The van der Waals surface area contributed by atoms with Crippen LogP contribution in [0, 0.1) is 0 Å². The van der Waals surface area contributed by atoms with Crippen LogP contribution in [0.2, 0.25) is 0 Å². The van der Waals surface area contributed by atoms with Crippen LogP contribution in [0.1, 0.15) is 140 Å². The molecule has 0 spiro atoms. The third kappa shape index (κ3) is 16.1. The van der Waals surface area contributed by atoms with Gasteiger partial charge in [0, 0.05) is 40.7 Å². The summed E-state index contributed by atoms with van der Waals surface area (Å²) in [6.07, 6.45) is 19.8. The summed E-state index contributed by atoms with van der Waals surface area (Å²) in [6, 6.07) is 2.84. The lowest BCUT2D eigenvalue weighted by atomic mass is 10.0. The van der Waals surface area contributed by atoms with E-state index in [1.807, 2.05) is 27.7 Å². The first-order valence-electron chi connectivity index (χ1n) is 17.6. The molecule has 0 atom stereocenters. The summed E-state index contributed by atoms with van der Waals surface area (Å²) in [4.78, 5) is 32.0. The van der Waals surface area contributed by atoms with Crippen molar-refractivity contribution >= 4 is 28.8 Å². The second-order valence-electron chi connectivity index (χ2n) is 11.4. The molecule has 0 aromatic carbocycles. The first-order chi connectivity index (χ1) is 22.9. The summed E-state index contributed by atoms with van der Waals surface area (Å²) in [5.41, 5.74) is 3.93. The van der Waals surface area contributed by atoms with Crippen LogP contribution in [0.4, 0.5) is 14.5 Å². The zero-order chi connectivity index (χ0) is 36.7. The molecule has 0 radical (unpaired) electrons. The largest absolute Gasteiger partial charge is 0.333 e. The highest BCUT2D eigenvalue weighted by molar-refractivity contribution is 7.10. The SMILES string of the molecule is C/C=C(\C)C(=O)N1CCc2c(C(=O)Nc3cc(CC)nc(C(C)(F)F)c3)csc2C1.CC.CC/C=C(C)/C=C\C=C/CCC.CCCC. The summed E-state index contributed by atoms with van der Waals surface area (Å²) in [7, 11) is 0. The summed E-state index contributed by atoms with van der Waals surface area (Å²) in [5, 5.41) is 4.52. The number of fused-ring (bicyclic) bond motifs is 1. The molecule has 0 saturated heterocycles. The number of rotatable bonds is 11. The van der Waals surface area contributed by atoms with Crippen molar-refractivity contribution in [1.29, 1.82) is 0 Å². The third-order valence-electron chi connectivity index (χ3n) is 7.29. The Bertz CT molecular complexity index is 1360. The lowest BCUT2D eigenvalue weighted by Crippen LogP contribution is -2.36. The molecular weight excluding hydrogens is 625 g/mol. The van der Waals surface area contributed by atoms with Crippen LogP contribution in [0.5, 0.6) is 0 Å². The van der Waals surface area contributed by atoms with Gasteiger partial charge >= 0.3 is 0 Å². The van der Waals surface area contributed by atoms with Crippen molar-refractivity contribution in [3.8, 4) is 0 Å². The third-order valence-corrected chi connectivity index (χ3v) is 8.30. The van der Waals surface area contributed by atoms with Crippen molar-refractivity contribution < 1.29 is 18.4 Å². The highest BCUT2D eigenvalue weighted by Crippen LogP contribution is 2.31. The second-order valence-corrected chi connectivity index (χ2v) is 12.3. The van der Waals surface area contributed by atoms with Gasteiger partial charge in [-0.2, -0.15) is 8.78 Å². The average Bonchev–Trinajstić information content (AvgIpc) is 3.52. The Hall–Kier alpha value is -3.39. The normalized spacial score (nSPS) is 13.1. The molecule has 0 aliphatic carbocycles. The van der Waals surface area contributed by atoms with Crippen molar-refractivity contribution in [1.82, 2.24) is 9.88 Å². The van der Waals surface area contributed by atoms with Crippen molar-refractivity contribution in [3.63, 3.8) is 0 Å². The highest BCUT2D eigenvalue weighted by Gasteiger charge is 2.29. The fraction of sp³-hybridized carbons (Fsp3) is 0.525. The molecule has 0 unspecified atom stereocenters. The van der Waals surface area contributed by atoms with Crippen molar-refractivity contribution in [2.45, 2.75) is 134 Å². The number of hydrogen-bond acceptors (Lipinski definition) is 4. The van der Waals surface area contributed by atoms with Gasteiger partial charge in [0.2, 0.25) is 5.91 Å². The minimum Gasteiger partial charge on any atom is -0.333 e. The van der Waals surface area contributed by atoms with Gasteiger partial charge in [0.05, 0.1) is 12.1 Å². The number of nitrogens with one attached hydrogen (secondary N) is 1. The second kappa shape index (κ2) is 24.7. The Balaban J connectivity index is 0.00000102. The summed E-state index contributed by atoms with van der Waals surface area (Å²) < 4.78 is 27.5. The van der Waals surface area contributed by atoms with Crippen molar-refractivity contribution in [3.05, 3.63) is 92.5 Å². The number of carbonyl (C=O) groups is 2. The molecular formula is C40H61F2N3O2S. The van der Waals surface area contributed by atoms with Gasteiger partial charge in [-0.1, -0.05) is 110 Å². The Morgan fingerprint density at radius 1 is 1.04 bits per heavy atom. The van der Waals surface area contributed by atoms with Crippen LogP contribution in [-0.4, -0.2) is 28.2 Å². The number of allylic oxidation sites excluding steroid dienone is 7. The summed E-state index contributed by atoms with van der Waals surface area (Å²) >= 11 is 1.44. The number of hydrogen-bond donors (Lipinski definition) is 1. The Morgan fingerprint density at radius 2 is 1.71 bits per heavy atom. The molecule has 3 heterocycles. The van der Waals surface area contributed by atoms with Crippen LogP contribution in [0.3, 0.4) is 0 Å². The van der Waals surface area contributed by atoms with Crippen LogP contribution in [0.15, 0.2) is 65.1 Å². The van der Waals surface area contributed by atoms with E-state index in [1.54, 1.807) is 29.3 Å². The number of halogens is 2. The van der Waals surface area contributed by atoms with Crippen LogP contribution < -0.4 is 5.32 Å². The predicted octanol–water partition coefficient (Wildman–Crippen LogP) is 12.0. The molecule has 268 valence electrons. The number of anilines is 1. The fourth-order valence-corrected chi connectivity index (χ4v) is 5.36. The number of nitrogens with zero attached hydrogens (tertiary/aromatic N) is 2. The average molecular weight is 686 g/mol. The van der Waals surface area contributed by atoms with Crippen LogP contribution >= 0.6 is 11.3 Å². The maximum atomic E-state index is 13.8. The van der Waals surface area contributed by atoms with E-state index in [4.69, 9.17) is 0 Å².